The Morgan fingerprint density at radius 3 is 1.91 bits per heavy atom. The van der Waals surface area contributed by atoms with E-state index in [9.17, 15) is 0 Å². The van der Waals surface area contributed by atoms with Crippen LogP contribution < -0.4 is 0 Å². The number of hydrogen-bond donors (Lipinski definition) is 0. The zero-order valence-corrected chi connectivity index (χ0v) is 24.7. The number of para-hydroxylation sites is 2. The molecule has 2 heteroatoms. The van der Waals surface area contributed by atoms with Crippen molar-refractivity contribution in [3.05, 3.63) is 169 Å². The number of nitrogens with zero attached hydrogens (tertiary/aromatic N) is 2. The van der Waals surface area contributed by atoms with E-state index in [1.54, 1.807) is 60.7 Å². The number of benzene rings is 8. The van der Waals surface area contributed by atoms with Gasteiger partial charge in [-0.25, -0.2) is 4.98 Å². The molecule has 0 aliphatic heterocycles. The Morgan fingerprint density at radius 1 is 0.574 bits per heavy atom. The van der Waals surface area contributed by atoms with Crippen LogP contribution in [-0.2, 0) is 6.37 Å². The molecule has 0 saturated heterocycles. The van der Waals surface area contributed by atoms with Gasteiger partial charge in [0.2, 0.25) is 0 Å². The Balaban J connectivity index is 1.30. The first-order chi connectivity index (χ1) is 29.3. The van der Waals surface area contributed by atoms with Gasteiger partial charge in [0, 0.05) is 18.9 Å². The van der Waals surface area contributed by atoms with E-state index in [4.69, 9.17) is 20.6 Å². The maximum absolute atomic E-state index is 9.03. The van der Waals surface area contributed by atoms with E-state index >= 15 is 0 Å². The standard InChI is InChI=1S/C45H32N2/c1-2-43-46-41-19-11-12-20-42(41)47(43)36-25-23-33-27-32(21-22-34(33)28-36)35-24-26-39-40(29-35)45(31-15-7-4-8-16-31)38-18-10-9-17-37(38)44(39)30-13-5-3-6-14-30/h3-29H,2H2,1H3/i1D3,2D2,3D,4D,5D,6D,7D,8D,13D,14D,15D,16D. The molecule has 0 amide bonds. The van der Waals surface area contributed by atoms with Crippen molar-refractivity contribution in [3.63, 3.8) is 0 Å². The molecule has 0 bridgehead atoms. The molecule has 47 heavy (non-hydrogen) atoms. The van der Waals surface area contributed by atoms with Crippen LogP contribution in [0.2, 0.25) is 0 Å². The van der Waals surface area contributed by atoms with Crippen LogP contribution in [0.1, 0.15) is 33.2 Å². The van der Waals surface area contributed by atoms with E-state index < -0.39 is 73.6 Å². The van der Waals surface area contributed by atoms with E-state index in [1.165, 1.54) is 4.57 Å². The van der Waals surface area contributed by atoms with Crippen LogP contribution in [0.25, 0.3) is 82.4 Å². The van der Waals surface area contributed by atoms with Crippen LogP contribution in [0.15, 0.2) is 164 Å². The quantitative estimate of drug-likeness (QED) is 0.176. The van der Waals surface area contributed by atoms with E-state index in [0.717, 1.165) is 16.3 Å². The lowest BCUT2D eigenvalue weighted by molar-refractivity contribution is 0.909. The zero-order valence-electron chi connectivity index (χ0n) is 39.7. The summed E-state index contributed by atoms with van der Waals surface area (Å²) in [6, 6.07) is 25.5. The molecule has 0 aliphatic rings. The molecule has 9 rings (SSSR count). The third-order valence-corrected chi connectivity index (χ3v) is 8.61. The smallest absolute Gasteiger partial charge is 0.114 e. The minimum atomic E-state index is -3.00. The Hall–Kier alpha value is -5.99. The van der Waals surface area contributed by atoms with Crippen LogP contribution >= 0.6 is 0 Å². The summed E-state index contributed by atoms with van der Waals surface area (Å²) in [5.74, 6) is -0.253. The van der Waals surface area contributed by atoms with Gasteiger partial charge in [-0.3, -0.25) is 4.57 Å². The molecule has 0 radical (unpaired) electrons. The zero-order chi connectivity index (χ0) is 44.3. The van der Waals surface area contributed by atoms with Gasteiger partial charge in [0.25, 0.3) is 0 Å². The lowest BCUT2D eigenvalue weighted by Gasteiger charge is -2.19. The first kappa shape index (κ1) is 16.0. The van der Waals surface area contributed by atoms with E-state index in [1.807, 2.05) is 42.5 Å². The Labute approximate surface area is 295 Å². The van der Waals surface area contributed by atoms with Crippen LogP contribution in [0.3, 0.4) is 0 Å². The molecule has 0 fully saturated rings. The lowest BCUT2D eigenvalue weighted by atomic mass is 9.85. The minimum Gasteiger partial charge on any atom is -0.296 e. The summed E-state index contributed by atoms with van der Waals surface area (Å²) >= 11 is 0. The van der Waals surface area contributed by atoms with E-state index in [0.29, 0.717) is 55.0 Å². The Morgan fingerprint density at radius 2 is 1.17 bits per heavy atom. The van der Waals surface area contributed by atoms with Crippen LogP contribution in [-0.4, -0.2) is 9.55 Å². The van der Waals surface area contributed by atoms with Crippen molar-refractivity contribution in [2.45, 2.75) is 13.2 Å². The molecule has 9 aromatic rings. The van der Waals surface area contributed by atoms with Crippen molar-refractivity contribution < 1.29 is 20.6 Å². The largest absolute Gasteiger partial charge is 0.296 e. The molecule has 1 heterocycles. The highest BCUT2D eigenvalue weighted by Gasteiger charge is 2.18. The maximum Gasteiger partial charge on any atom is 0.114 e. The van der Waals surface area contributed by atoms with Gasteiger partial charge < -0.3 is 0 Å². The highest BCUT2D eigenvalue weighted by atomic mass is 15.1. The molecule has 1 aromatic heterocycles. The number of imidazole rings is 1. The molecule has 8 aromatic carbocycles. The van der Waals surface area contributed by atoms with Gasteiger partial charge in [-0.05, 0) is 102 Å². The fraction of sp³-hybridized carbons (Fsp3) is 0.0444. The number of hydrogen-bond acceptors (Lipinski definition) is 1. The topological polar surface area (TPSA) is 17.8 Å². The van der Waals surface area contributed by atoms with E-state index in [-0.39, 0.29) is 17.0 Å². The first-order valence-corrected chi connectivity index (χ1v) is 15.0. The van der Waals surface area contributed by atoms with Crippen LogP contribution in [0.5, 0.6) is 0 Å². The molecule has 0 saturated carbocycles. The maximum atomic E-state index is 9.03. The third kappa shape index (κ3) is 4.53. The summed E-state index contributed by atoms with van der Waals surface area (Å²) < 4.78 is 129. The second-order valence-corrected chi connectivity index (χ2v) is 11.2. The normalized spacial score (nSPS) is 16.7. The first-order valence-electron chi connectivity index (χ1n) is 22.5. The predicted octanol–water partition coefficient (Wildman–Crippen LogP) is 12.0. The molecular weight excluding hydrogens is 569 g/mol. The van der Waals surface area contributed by atoms with Gasteiger partial charge in [-0.15, -0.1) is 0 Å². The van der Waals surface area contributed by atoms with Gasteiger partial charge in [0.05, 0.1) is 24.7 Å². The molecule has 0 atom stereocenters. The Bertz CT molecular complexity index is 3330. The van der Waals surface area contributed by atoms with Crippen molar-refractivity contribution in [2.24, 2.45) is 0 Å². The number of aryl methyl sites for hydroxylation is 1. The van der Waals surface area contributed by atoms with Crippen molar-refractivity contribution in [3.8, 4) is 39.1 Å². The van der Waals surface area contributed by atoms with Gasteiger partial charge in [0.15, 0.2) is 0 Å². The molecule has 0 spiro atoms. The van der Waals surface area contributed by atoms with Crippen molar-refractivity contribution >= 4 is 43.4 Å². The second kappa shape index (κ2) is 11.1. The summed E-state index contributed by atoms with van der Waals surface area (Å²) in [5.41, 5.74) is 3.41. The molecular formula is C45H32N2. The van der Waals surface area contributed by atoms with Crippen LogP contribution in [0.4, 0.5) is 0 Å². The highest BCUT2D eigenvalue weighted by molar-refractivity contribution is 6.22. The highest BCUT2D eigenvalue weighted by Crippen LogP contribution is 2.44. The molecule has 0 N–H and O–H groups in total. The number of fused-ring (bicyclic) bond motifs is 4. The summed E-state index contributed by atoms with van der Waals surface area (Å²) in [4.78, 5) is 4.43. The average molecular weight is 616 g/mol. The SMILES string of the molecule is [2H]c1c([2H])c([2H])c(-c2c3ccccc3c(-c3c([2H])c([2H])c([2H])c([2H])c3[2H])c3cc(-c4ccc5cc(-n6c(C([2H])([2H])C([2H])([2H])[2H])nc7ccccc76)ccc5c4)ccc23)c([2H])c1[2H]. The van der Waals surface area contributed by atoms with Crippen LogP contribution in [0, 0.1) is 0 Å². The summed E-state index contributed by atoms with van der Waals surface area (Å²) in [6.07, 6.45) is -2.78. The molecule has 0 unspecified atom stereocenters. The molecule has 0 aliphatic carbocycles. The van der Waals surface area contributed by atoms with Gasteiger partial charge >= 0.3 is 0 Å². The van der Waals surface area contributed by atoms with Crippen molar-refractivity contribution in [1.29, 1.82) is 0 Å². The second-order valence-electron chi connectivity index (χ2n) is 11.2. The fourth-order valence-corrected chi connectivity index (χ4v) is 6.57. The monoisotopic (exact) mass is 615 g/mol. The number of aromatic nitrogens is 2. The average Bonchev–Trinajstić information content (AvgIpc) is 3.66. The summed E-state index contributed by atoms with van der Waals surface area (Å²) in [5, 5.41) is 3.27. The van der Waals surface area contributed by atoms with Gasteiger partial charge in [-0.1, -0.05) is 134 Å². The van der Waals surface area contributed by atoms with E-state index in [2.05, 4.69) is 4.98 Å². The lowest BCUT2D eigenvalue weighted by Crippen LogP contribution is -1.99. The fourth-order valence-electron chi connectivity index (χ4n) is 6.57. The predicted molar refractivity (Wildman–Crippen MR) is 199 cm³/mol. The van der Waals surface area contributed by atoms with Crippen molar-refractivity contribution in [1.82, 2.24) is 9.55 Å². The summed E-state index contributed by atoms with van der Waals surface area (Å²) in [7, 11) is 0. The molecule has 222 valence electrons. The third-order valence-electron chi connectivity index (χ3n) is 8.61. The summed E-state index contributed by atoms with van der Waals surface area (Å²) in [6.45, 7) is -3.00. The van der Waals surface area contributed by atoms with Gasteiger partial charge in [0.1, 0.15) is 5.82 Å². The Kier molecular flexibility index (Phi) is 3.79. The molecule has 2 nitrogen and oxygen atoms in total. The van der Waals surface area contributed by atoms with Gasteiger partial charge in [-0.2, -0.15) is 0 Å². The number of rotatable bonds is 5. The minimum absolute atomic E-state index is 0.0418. The van der Waals surface area contributed by atoms with Crippen molar-refractivity contribution in [2.75, 3.05) is 0 Å².